The molecule has 2 unspecified atom stereocenters. The molecule has 1 aliphatic heterocycles. The maximum Gasteiger partial charge on any atom is 0.252 e. The van der Waals surface area contributed by atoms with E-state index in [2.05, 4.69) is 10.6 Å². The number of hydrogen-bond acceptors (Lipinski definition) is 3. The van der Waals surface area contributed by atoms with Gasteiger partial charge in [-0.15, -0.1) is 0 Å². The van der Waals surface area contributed by atoms with Crippen LogP contribution in [-0.4, -0.2) is 30.1 Å². The summed E-state index contributed by atoms with van der Waals surface area (Å²) >= 11 is 6.20. The third kappa shape index (κ3) is 3.78. The van der Waals surface area contributed by atoms with Gasteiger partial charge in [0.15, 0.2) is 6.10 Å². The Morgan fingerprint density at radius 1 is 1.45 bits per heavy atom. The zero-order chi connectivity index (χ0) is 16.3. The van der Waals surface area contributed by atoms with Crippen LogP contribution in [0.2, 0.25) is 5.02 Å². The second-order valence-corrected chi connectivity index (χ2v) is 6.43. The average Bonchev–Trinajstić information content (AvgIpc) is 2.47. The molecule has 2 N–H and O–H groups in total. The Balaban J connectivity index is 2.26. The molecule has 1 aromatic rings. The highest BCUT2D eigenvalue weighted by molar-refractivity contribution is 6.31. The van der Waals surface area contributed by atoms with Crippen LogP contribution in [0.25, 0.3) is 0 Å². The zero-order valence-electron chi connectivity index (χ0n) is 13.0. The number of nitrogens with one attached hydrogen (secondary N) is 2. The molecule has 2 rings (SSSR count). The van der Waals surface area contributed by atoms with Crippen molar-refractivity contribution in [3.05, 3.63) is 34.9 Å². The molecule has 1 heterocycles. The number of hydrogen-bond donors (Lipinski definition) is 2. The van der Waals surface area contributed by atoms with Crippen molar-refractivity contribution in [2.75, 3.05) is 6.61 Å². The van der Waals surface area contributed by atoms with E-state index in [4.69, 9.17) is 16.3 Å². The zero-order valence-corrected chi connectivity index (χ0v) is 13.7. The molecular formula is C16H21ClN2O3. The van der Waals surface area contributed by atoms with Crippen molar-refractivity contribution in [3.8, 4) is 0 Å². The van der Waals surface area contributed by atoms with Crippen LogP contribution in [0.5, 0.6) is 0 Å². The Hall–Kier alpha value is -1.59. The standard InChI is InChI=1S/C16H21ClN2O3/c1-4-16(2,3)19-15(21)14-13(18-12(20)9-22-14)10-7-5-6-8-11(10)17/h5-8,13-14H,4,9H2,1-3H3,(H,18,20)(H,19,21). The third-order valence-corrected chi connectivity index (χ3v) is 4.20. The molecule has 1 aromatic carbocycles. The summed E-state index contributed by atoms with van der Waals surface area (Å²) in [5, 5.41) is 6.24. The summed E-state index contributed by atoms with van der Waals surface area (Å²) in [6.45, 7) is 5.74. The van der Waals surface area contributed by atoms with Crippen LogP contribution in [0.1, 0.15) is 38.8 Å². The Morgan fingerprint density at radius 2 is 2.14 bits per heavy atom. The summed E-state index contributed by atoms with van der Waals surface area (Å²) in [4.78, 5) is 24.2. The third-order valence-electron chi connectivity index (χ3n) is 3.86. The van der Waals surface area contributed by atoms with Gasteiger partial charge in [0, 0.05) is 10.6 Å². The molecule has 0 radical (unpaired) electrons. The van der Waals surface area contributed by atoms with E-state index in [-0.39, 0.29) is 24.0 Å². The molecule has 0 saturated carbocycles. The number of morpholine rings is 1. The Bertz CT molecular complexity index is 574. The topological polar surface area (TPSA) is 67.4 Å². The van der Waals surface area contributed by atoms with Crippen molar-refractivity contribution >= 4 is 23.4 Å². The van der Waals surface area contributed by atoms with Crippen LogP contribution in [0, 0.1) is 0 Å². The minimum atomic E-state index is -0.802. The van der Waals surface area contributed by atoms with Gasteiger partial charge in [-0.3, -0.25) is 9.59 Å². The summed E-state index contributed by atoms with van der Waals surface area (Å²) in [6, 6.07) is 6.53. The minimum absolute atomic E-state index is 0.133. The van der Waals surface area contributed by atoms with Crippen LogP contribution in [0.4, 0.5) is 0 Å². The van der Waals surface area contributed by atoms with Gasteiger partial charge in [-0.1, -0.05) is 36.7 Å². The van der Waals surface area contributed by atoms with Gasteiger partial charge in [0.2, 0.25) is 5.91 Å². The molecule has 0 bridgehead atoms. The minimum Gasteiger partial charge on any atom is -0.356 e. The van der Waals surface area contributed by atoms with E-state index >= 15 is 0 Å². The molecule has 1 saturated heterocycles. The Labute approximate surface area is 135 Å². The number of halogens is 1. The molecule has 1 fully saturated rings. The number of carbonyl (C=O) groups excluding carboxylic acids is 2. The predicted octanol–water partition coefficient (Wildman–Crippen LogP) is 2.20. The van der Waals surface area contributed by atoms with E-state index < -0.39 is 12.1 Å². The number of benzene rings is 1. The molecule has 0 aliphatic carbocycles. The van der Waals surface area contributed by atoms with Gasteiger partial charge < -0.3 is 15.4 Å². The number of carbonyl (C=O) groups is 2. The van der Waals surface area contributed by atoms with Gasteiger partial charge in [0.25, 0.3) is 5.91 Å². The van der Waals surface area contributed by atoms with Crippen LogP contribution in [-0.2, 0) is 14.3 Å². The molecule has 5 nitrogen and oxygen atoms in total. The van der Waals surface area contributed by atoms with Crippen molar-refractivity contribution in [2.45, 2.75) is 44.9 Å². The summed E-state index contributed by atoms with van der Waals surface area (Å²) in [5.41, 5.74) is 0.332. The van der Waals surface area contributed by atoms with Gasteiger partial charge in [0.1, 0.15) is 6.61 Å². The fourth-order valence-corrected chi connectivity index (χ4v) is 2.49. The number of rotatable bonds is 4. The highest BCUT2D eigenvalue weighted by Gasteiger charge is 2.38. The summed E-state index contributed by atoms with van der Waals surface area (Å²) in [5.74, 6) is -0.513. The average molecular weight is 325 g/mol. The first-order valence-corrected chi connectivity index (χ1v) is 7.69. The predicted molar refractivity (Wildman–Crippen MR) is 84.6 cm³/mol. The van der Waals surface area contributed by atoms with E-state index in [9.17, 15) is 9.59 Å². The van der Waals surface area contributed by atoms with Crippen LogP contribution in [0.3, 0.4) is 0 Å². The lowest BCUT2D eigenvalue weighted by Gasteiger charge is -2.34. The molecule has 1 aliphatic rings. The summed E-state index contributed by atoms with van der Waals surface area (Å²) in [7, 11) is 0. The van der Waals surface area contributed by atoms with Crippen LogP contribution >= 0.6 is 11.6 Å². The van der Waals surface area contributed by atoms with Gasteiger partial charge in [-0.2, -0.15) is 0 Å². The first-order chi connectivity index (χ1) is 10.3. The van der Waals surface area contributed by atoms with E-state index in [0.29, 0.717) is 10.6 Å². The highest BCUT2D eigenvalue weighted by Crippen LogP contribution is 2.29. The van der Waals surface area contributed by atoms with Crippen molar-refractivity contribution in [1.29, 1.82) is 0 Å². The number of ether oxygens (including phenoxy) is 1. The fraction of sp³-hybridized carbons (Fsp3) is 0.500. The van der Waals surface area contributed by atoms with Gasteiger partial charge >= 0.3 is 0 Å². The largest absolute Gasteiger partial charge is 0.356 e. The van der Waals surface area contributed by atoms with E-state index in [0.717, 1.165) is 6.42 Å². The second-order valence-electron chi connectivity index (χ2n) is 6.02. The van der Waals surface area contributed by atoms with E-state index in [1.807, 2.05) is 26.8 Å². The highest BCUT2D eigenvalue weighted by atomic mass is 35.5. The summed E-state index contributed by atoms with van der Waals surface area (Å²) in [6.07, 6.45) is -0.0161. The van der Waals surface area contributed by atoms with Crippen LogP contribution < -0.4 is 10.6 Å². The van der Waals surface area contributed by atoms with E-state index in [1.54, 1.807) is 18.2 Å². The molecule has 6 heteroatoms. The monoisotopic (exact) mass is 324 g/mol. The molecule has 0 spiro atoms. The first kappa shape index (κ1) is 16.8. The first-order valence-electron chi connectivity index (χ1n) is 7.31. The number of amides is 2. The van der Waals surface area contributed by atoms with Gasteiger partial charge in [-0.05, 0) is 31.9 Å². The van der Waals surface area contributed by atoms with E-state index in [1.165, 1.54) is 0 Å². The lowest BCUT2D eigenvalue weighted by atomic mass is 9.96. The lowest BCUT2D eigenvalue weighted by molar-refractivity contribution is -0.149. The second kappa shape index (κ2) is 6.67. The smallest absolute Gasteiger partial charge is 0.252 e. The lowest BCUT2D eigenvalue weighted by Crippen LogP contribution is -2.56. The van der Waals surface area contributed by atoms with Crippen molar-refractivity contribution in [2.24, 2.45) is 0 Å². The molecule has 2 atom stereocenters. The fourth-order valence-electron chi connectivity index (χ4n) is 2.24. The van der Waals surface area contributed by atoms with Crippen molar-refractivity contribution in [3.63, 3.8) is 0 Å². The van der Waals surface area contributed by atoms with Crippen molar-refractivity contribution < 1.29 is 14.3 Å². The SMILES string of the molecule is CCC(C)(C)NC(=O)C1OCC(=O)NC1c1ccccc1Cl. The molecular weight excluding hydrogens is 304 g/mol. The van der Waals surface area contributed by atoms with Gasteiger partial charge in [0.05, 0.1) is 6.04 Å². The molecule has 120 valence electrons. The summed E-state index contributed by atoms with van der Waals surface area (Å²) < 4.78 is 5.48. The normalized spacial score (nSPS) is 22.1. The quantitative estimate of drug-likeness (QED) is 0.892. The molecule has 22 heavy (non-hydrogen) atoms. The molecule has 0 aromatic heterocycles. The Morgan fingerprint density at radius 3 is 2.77 bits per heavy atom. The molecule has 2 amide bonds. The van der Waals surface area contributed by atoms with Crippen molar-refractivity contribution in [1.82, 2.24) is 10.6 Å². The Kier molecular flexibility index (Phi) is 5.08. The maximum absolute atomic E-state index is 12.5. The maximum atomic E-state index is 12.5. The van der Waals surface area contributed by atoms with Gasteiger partial charge in [-0.25, -0.2) is 0 Å². The van der Waals surface area contributed by atoms with Crippen LogP contribution in [0.15, 0.2) is 24.3 Å².